The van der Waals surface area contributed by atoms with Crippen LogP contribution in [0.4, 0.5) is 8.78 Å². The Balaban J connectivity index is 0.00000133. The molecule has 1 N–H and O–H groups in total. The second-order valence-electron chi connectivity index (χ2n) is 4.22. The van der Waals surface area contributed by atoms with E-state index in [0.29, 0.717) is 23.4 Å². The van der Waals surface area contributed by atoms with Gasteiger partial charge in [0.05, 0.1) is 6.04 Å². The molecule has 102 valence electrons. The highest BCUT2D eigenvalue weighted by atomic mass is 35.5. The zero-order chi connectivity index (χ0) is 12.7. The second-order valence-corrected chi connectivity index (χ2v) is 4.60. The van der Waals surface area contributed by atoms with E-state index in [4.69, 9.17) is 17.0 Å². The van der Waals surface area contributed by atoms with E-state index in [1.165, 1.54) is 6.07 Å². The number of imidazole rings is 1. The molecule has 1 aromatic carbocycles. The van der Waals surface area contributed by atoms with Gasteiger partial charge in [-0.2, -0.15) is 0 Å². The number of ether oxygens (including phenoxy) is 1. The molecule has 3 nitrogen and oxygen atoms in total. The number of nitrogens with zero attached hydrogens (tertiary/aromatic N) is 1. The number of nitrogens with one attached hydrogen (secondary N) is 1. The summed E-state index contributed by atoms with van der Waals surface area (Å²) in [5, 5.41) is 0. The third-order valence-electron chi connectivity index (χ3n) is 3.03. The number of benzene rings is 1. The number of hydrogen-bond donors (Lipinski definition) is 1. The number of halogens is 3. The largest absolute Gasteiger partial charge is 0.488 e. The van der Waals surface area contributed by atoms with Crippen molar-refractivity contribution < 1.29 is 13.5 Å². The Morgan fingerprint density at radius 1 is 1.37 bits per heavy atom. The Kier molecular flexibility index (Phi) is 3.91. The summed E-state index contributed by atoms with van der Waals surface area (Å²) in [5.74, 6) is -1.09. The minimum atomic E-state index is -0.652. The van der Waals surface area contributed by atoms with Gasteiger partial charge in [-0.25, -0.2) is 8.78 Å². The van der Waals surface area contributed by atoms with Gasteiger partial charge >= 0.3 is 0 Å². The molecule has 19 heavy (non-hydrogen) atoms. The Morgan fingerprint density at radius 3 is 2.84 bits per heavy atom. The first-order valence-electron chi connectivity index (χ1n) is 5.51. The third-order valence-corrected chi connectivity index (χ3v) is 3.36. The summed E-state index contributed by atoms with van der Waals surface area (Å²) < 4.78 is 34.4. The fraction of sp³-hybridized carbons (Fsp3) is 0.250. The first-order valence-corrected chi connectivity index (χ1v) is 5.92. The Labute approximate surface area is 119 Å². The van der Waals surface area contributed by atoms with Crippen molar-refractivity contribution in [3.05, 3.63) is 46.5 Å². The average molecular weight is 305 g/mol. The first kappa shape index (κ1) is 14.0. The molecular weight excluding hydrogens is 294 g/mol. The SMILES string of the molecule is Cl.Fc1cc(F)c2c(c1)CC(n1cc[nH]c1=S)CO2. The molecule has 1 aliphatic heterocycles. The minimum Gasteiger partial charge on any atom is -0.488 e. The van der Waals surface area contributed by atoms with Crippen LogP contribution in [-0.2, 0) is 6.42 Å². The van der Waals surface area contributed by atoms with E-state index in [1.54, 1.807) is 12.4 Å². The fourth-order valence-electron chi connectivity index (χ4n) is 2.22. The molecule has 0 saturated carbocycles. The molecule has 7 heteroatoms. The first-order chi connectivity index (χ1) is 8.65. The molecule has 2 heterocycles. The van der Waals surface area contributed by atoms with Gasteiger partial charge in [0.25, 0.3) is 0 Å². The molecule has 1 aromatic heterocycles. The molecule has 1 unspecified atom stereocenters. The smallest absolute Gasteiger partial charge is 0.177 e. The Hall–Kier alpha value is -1.40. The molecule has 0 amide bonds. The Bertz CT molecular complexity index is 655. The van der Waals surface area contributed by atoms with Crippen LogP contribution in [0, 0.1) is 16.4 Å². The third kappa shape index (κ3) is 2.50. The molecule has 0 spiro atoms. The van der Waals surface area contributed by atoms with Crippen LogP contribution >= 0.6 is 24.6 Å². The van der Waals surface area contributed by atoms with Crippen molar-refractivity contribution in [1.29, 1.82) is 0 Å². The lowest BCUT2D eigenvalue weighted by Crippen LogP contribution is -2.24. The van der Waals surface area contributed by atoms with Gasteiger partial charge in [0, 0.05) is 30.4 Å². The van der Waals surface area contributed by atoms with Crippen molar-refractivity contribution in [2.75, 3.05) is 6.61 Å². The Morgan fingerprint density at radius 2 is 2.16 bits per heavy atom. The van der Waals surface area contributed by atoms with Gasteiger partial charge in [0.15, 0.2) is 16.3 Å². The lowest BCUT2D eigenvalue weighted by Gasteiger charge is -2.26. The quantitative estimate of drug-likeness (QED) is 0.818. The maximum absolute atomic E-state index is 13.5. The van der Waals surface area contributed by atoms with Crippen LogP contribution in [-0.4, -0.2) is 16.2 Å². The van der Waals surface area contributed by atoms with E-state index in [-0.39, 0.29) is 24.2 Å². The van der Waals surface area contributed by atoms with E-state index in [9.17, 15) is 8.78 Å². The predicted molar refractivity (Wildman–Crippen MR) is 71.5 cm³/mol. The van der Waals surface area contributed by atoms with Gasteiger partial charge in [-0.05, 0) is 18.3 Å². The molecule has 0 bridgehead atoms. The molecule has 3 rings (SSSR count). The van der Waals surface area contributed by atoms with Crippen molar-refractivity contribution >= 4 is 24.6 Å². The summed E-state index contributed by atoms with van der Waals surface area (Å²) in [6.07, 6.45) is 4.02. The lowest BCUT2D eigenvalue weighted by molar-refractivity contribution is 0.212. The number of aromatic nitrogens is 2. The van der Waals surface area contributed by atoms with Gasteiger partial charge in [-0.3, -0.25) is 0 Å². The second kappa shape index (κ2) is 5.30. The van der Waals surface area contributed by atoms with Crippen LogP contribution in [0.25, 0.3) is 0 Å². The normalized spacial score (nSPS) is 17.3. The van der Waals surface area contributed by atoms with Crippen molar-refractivity contribution in [3.63, 3.8) is 0 Å². The number of aromatic amines is 1. The average Bonchev–Trinajstić information content (AvgIpc) is 2.74. The minimum absolute atomic E-state index is 0. The van der Waals surface area contributed by atoms with Crippen LogP contribution in [0.5, 0.6) is 5.75 Å². The van der Waals surface area contributed by atoms with E-state index in [2.05, 4.69) is 4.98 Å². The summed E-state index contributed by atoms with van der Waals surface area (Å²) in [6.45, 7) is 0.321. The van der Waals surface area contributed by atoms with Gasteiger partial charge in [-0.15, -0.1) is 12.4 Å². The van der Waals surface area contributed by atoms with Crippen LogP contribution in [0.1, 0.15) is 11.6 Å². The van der Waals surface area contributed by atoms with Crippen LogP contribution in [0.2, 0.25) is 0 Å². The lowest BCUT2D eigenvalue weighted by atomic mass is 10.0. The molecular formula is C12H11ClF2N2OS. The molecule has 2 aromatic rings. The highest BCUT2D eigenvalue weighted by molar-refractivity contribution is 7.71. The van der Waals surface area contributed by atoms with E-state index >= 15 is 0 Å². The maximum atomic E-state index is 13.5. The van der Waals surface area contributed by atoms with Crippen molar-refractivity contribution in [3.8, 4) is 5.75 Å². The van der Waals surface area contributed by atoms with E-state index in [0.717, 1.165) is 6.07 Å². The van der Waals surface area contributed by atoms with Crippen LogP contribution in [0.3, 0.4) is 0 Å². The number of H-pyrrole nitrogens is 1. The van der Waals surface area contributed by atoms with Crippen molar-refractivity contribution in [2.24, 2.45) is 0 Å². The van der Waals surface area contributed by atoms with Gasteiger partial charge in [-0.1, -0.05) is 0 Å². The van der Waals surface area contributed by atoms with Gasteiger partial charge in [0.2, 0.25) is 0 Å². The molecule has 1 aliphatic rings. The van der Waals surface area contributed by atoms with Crippen LogP contribution < -0.4 is 4.74 Å². The van der Waals surface area contributed by atoms with Gasteiger partial charge in [0.1, 0.15) is 12.4 Å². The molecule has 0 aliphatic carbocycles. The highest BCUT2D eigenvalue weighted by Gasteiger charge is 2.24. The zero-order valence-corrected chi connectivity index (χ0v) is 11.4. The van der Waals surface area contributed by atoms with Crippen LogP contribution in [0.15, 0.2) is 24.5 Å². The molecule has 0 fully saturated rings. The standard InChI is InChI=1S/C12H10F2N2OS.ClH/c13-8-3-7-4-9(16-2-1-15-12(16)18)6-17-11(7)10(14)5-8;/h1-3,5,9H,4,6H2,(H,15,18);1H. The zero-order valence-electron chi connectivity index (χ0n) is 9.73. The molecule has 0 radical (unpaired) electrons. The highest BCUT2D eigenvalue weighted by Crippen LogP contribution is 2.32. The number of fused-ring (bicyclic) bond motifs is 1. The summed E-state index contributed by atoms with van der Waals surface area (Å²) in [5.41, 5.74) is 0.534. The number of rotatable bonds is 1. The van der Waals surface area contributed by atoms with E-state index in [1.807, 2.05) is 4.57 Å². The fourth-order valence-corrected chi connectivity index (χ4v) is 2.49. The predicted octanol–water partition coefficient (Wildman–Crippen LogP) is 3.42. The number of hydrogen-bond acceptors (Lipinski definition) is 2. The topological polar surface area (TPSA) is 29.9 Å². The summed E-state index contributed by atoms with van der Waals surface area (Å²) >= 11 is 5.12. The summed E-state index contributed by atoms with van der Waals surface area (Å²) in [4.78, 5) is 2.89. The van der Waals surface area contributed by atoms with Crippen molar-refractivity contribution in [1.82, 2.24) is 9.55 Å². The van der Waals surface area contributed by atoms with Gasteiger partial charge < -0.3 is 14.3 Å². The summed E-state index contributed by atoms with van der Waals surface area (Å²) in [7, 11) is 0. The molecule has 0 saturated heterocycles. The maximum Gasteiger partial charge on any atom is 0.177 e. The summed E-state index contributed by atoms with van der Waals surface area (Å²) in [6, 6.07) is 2.10. The van der Waals surface area contributed by atoms with E-state index < -0.39 is 11.6 Å². The van der Waals surface area contributed by atoms with Crippen molar-refractivity contribution in [2.45, 2.75) is 12.5 Å². The monoisotopic (exact) mass is 304 g/mol. The molecule has 1 atom stereocenters.